The SMILES string of the molecule is CCc1nn(CC)c(CN(C)Cc2cnn(C)c2)c1Br. The van der Waals surface area contributed by atoms with Gasteiger partial charge in [-0.05, 0) is 36.3 Å². The summed E-state index contributed by atoms with van der Waals surface area (Å²) in [6, 6.07) is 0. The minimum atomic E-state index is 0.871. The van der Waals surface area contributed by atoms with Crippen LogP contribution in [0, 0.1) is 0 Å². The van der Waals surface area contributed by atoms with Gasteiger partial charge in [0, 0.05) is 38.4 Å². The first-order valence-electron chi connectivity index (χ1n) is 6.95. The van der Waals surface area contributed by atoms with Crippen molar-refractivity contribution in [3.05, 3.63) is 33.8 Å². The van der Waals surface area contributed by atoms with E-state index in [0.29, 0.717) is 0 Å². The van der Waals surface area contributed by atoms with Gasteiger partial charge >= 0.3 is 0 Å². The average Bonchev–Trinajstić information content (AvgIpc) is 2.95. The van der Waals surface area contributed by atoms with E-state index < -0.39 is 0 Å². The van der Waals surface area contributed by atoms with Gasteiger partial charge in [-0.1, -0.05) is 6.92 Å². The van der Waals surface area contributed by atoms with E-state index in [2.05, 4.69) is 62.8 Å². The van der Waals surface area contributed by atoms with Gasteiger partial charge in [0.2, 0.25) is 0 Å². The van der Waals surface area contributed by atoms with Crippen molar-refractivity contribution in [2.45, 2.75) is 39.9 Å². The maximum Gasteiger partial charge on any atom is 0.0767 e. The van der Waals surface area contributed by atoms with Crippen LogP contribution in [0.15, 0.2) is 16.9 Å². The molecule has 0 aliphatic heterocycles. The van der Waals surface area contributed by atoms with Crippen LogP contribution in [-0.2, 0) is 33.1 Å². The number of hydrogen-bond donors (Lipinski definition) is 0. The summed E-state index contributed by atoms with van der Waals surface area (Å²) in [5.41, 5.74) is 3.61. The molecule has 0 amide bonds. The van der Waals surface area contributed by atoms with E-state index >= 15 is 0 Å². The van der Waals surface area contributed by atoms with E-state index in [1.807, 2.05) is 17.9 Å². The highest BCUT2D eigenvalue weighted by molar-refractivity contribution is 9.10. The molecule has 2 aromatic rings. The van der Waals surface area contributed by atoms with Crippen LogP contribution < -0.4 is 0 Å². The van der Waals surface area contributed by atoms with Crippen molar-refractivity contribution in [1.82, 2.24) is 24.5 Å². The average molecular weight is 340 g/mol. The Hall–Kier alpha value is -1.14. The molecule has 20 heavy (non-hydrogen) atoms. The summed E-state index contributed by atoms with van der Waals surface area (Å²) in [5.74, 6) is 0. The fourth-order valence-electron chi connectivity index (χ4n) is 2.35. The number of halogens is 1. The summed E-state index contributed by atoms with van der Waals surface area (Å²) >= 11 is 3.69. The molecular formula is C14H22BrN5. The second-order valence-corrected chi connectivity index (χ2v) is 5.86. The molecule has 0 radical (unpaired) electrons. The zero-order valence-electron chi connectivity index (χ0n) is 12.6. The predicted molar refractivity (Wildman–Crippen MR) is 83.4 cm³/mol. The quantitative estimate of drug-likeness (QED) is 0.811. The maximum absolute atomic E-state index is 4.64. The monoisotopic (exact) mass is 339 g/mol. The molecule has 2 rings (SSSR count). The third kappa shape index (κ3) is 3.30. The van der Waals surface area contributed by atoms with Crippen LogP contribution in [0.4, 0.5) is 0 Å². The van der Waals surface area contributed by atoms with Crippen LogP contribution in [-0.4, -0.2) is 31.5 Å². The smallest absolute Gasteiger partial charge is 0.0767 e. The molecule has 0 aliphatic rings. The summed E-state index contributed by atoms with van der Waals surface area (Å²) < 4.78 is 5.08. The van der Waals surface area contributed by atoms with Crippen LogP contribution in [0.25, 0.3) is 0 Å². The third-order valence-electron chi connectivity index (χ3n) is 3.32. The molecule has 5 nitrogen and oxygen atoms in total. The molecule has 0 spiro atoms. The zero-order chi connectivity index (χ0) is 14.7. The standard InChI is InChI=1S/C14H22BrN5/c1-5-12-14(15)13(20(6-2)17-12)10-18(3)8-11-7-16-19(4)9-11/h7,9H,5-6,8,10H2,1-4H3. The van der Waals surface area contributed by atoms with Gasteiger partial charge in [0.05, 0.1) is 22.1 Å². The molecule has 0 saturated heterocycles. The van der Waals surface area contributed by atoms with E-state index in [1.165, 1.54) is 11.3 Å². The van der Waals surface area contributed by atoms with E-state index in [-0.39, 0.29) is 0 Å². The van der Waals surface area contributed by atoms with Gasteiger partial charge in [-0.2, -0.15) is 10.2 Å². The first kappa shape index (κ1) is 15.3. The van der Waals surface area contributed by atoms with Gasteiger partial charge in [-0.15, -0.1) is 0 Å². The number of aromatic nitrogens is 4. The second kappa shape index (κ2) is 6.54. The van der Waals surface area contributed by atoms with Crippen molar-refractivity contribution >= 4 is 15.9 Å². The molecule has 0 bridgehead atoms. The van der Waals surface area contributed by atoms with Gasteiger partial charge in [-0.25, -0.2) is 0 Å². The highest BCUT2D eigenvalue weighted by Gasteiger charge is 2.15. The number of aryl methyl sites for hydroxylation is 3. The lowest BCUT2D eigenvalue weighted by Gasteiger charge is -2.16. The van der Waals surface area contributed by atoms with Crippen molar-refractivity contribution in [3.63, 3.8) is 0 Å². The van der Waals surface area contributed by atoms with Gasteiger partial charge in [0.15, 0.2) is 0 Å². The normalized spacial score (nSPS) is 11.5. The van der Waals surface area contributed by atoms with E-state index in [0.717, 1.165) is 36.2 Å². The van der Waals surface area contributed by atoms with Gasteiger partial charge in [0.25, 0.3) is 0 Å². The lowest BCUT2D eigenvalue weighted by atomic mass is 10.2. The Morgan fingerprint density at radius 2 is 2.05 bits per heavy atom. The number of rotatable bonds is 6. The zero-order valence-corrected chi connectivity index (χ0v) is 14.2. The molecule has 0 saturated carbocycles. The Bertz CT molecular complexity index is 572. The minimum absolute atomic E-state index is 0.871. The Morgan fingerprint density at radius 3 is 2.60 bits per heavy atom. The molecule has 110 valence electrons. The van der Waals surface area contributed by atoms with Crippen molar-refractivity contribution in [2.75, 3.05) is 7.05 Å². The van der Waals surface area contributed by atoms with Crippen LogP contribution in [0.5, 0.6) is 0 Å². The Kier molecular flexibility index (Phi) is 4.99. The van der Waals surface area contributed by atoms with Crippen molar-refractivity contribution in [2.24, 2.45) is 7.05 Å². The van der Waals surface area contributed by atoms with Crippen LogP contribution in [0.3, 0.4) is 0 Å². The van der Waals surface area contributed by atoms with Crippen LogP contribution in [0.2, 0.25) is 0 Å². The van der Waals surface area contributed by atoms with Crippen molar-refractivity contribution < 1.29 is 0 Å². The Morgan fingerprint density at radius 1 is 1.30 bits per heavy atom. The van der Waals surface area contributed by atoms with Crippen molar-refractivity contribution in [3.8, 4) is 0 Å². The third-order valence-corrected chi connectivity index (χ3v) is 4.24. The molecule has 0 aromatic carbocycles. The largest absolute Gasteiger partial charge is 0.296 e. The molecule has 6 heteroatoms. The molecular weight excluding hydrogens is 318 g/mol. The van der Waals surface area contributed by atoms with Gasteiger partial charge < -0.3 is 0 Å². The van der Waals surface area contributed by atoms with Crippen LogP contribution >= 0.6 is 15.9 Å². The molecule has 0 unspecified atom stereocenters. The molecule has 0 N–H and O–H groups in total. The molecule has 2 heterocycles. The molecule has 0 fully saturated rings. The summed E-state index contributed by atoms with van der Waals surface area (Å²) in [6.07, 6.45) is 4.92. The van der Waals surface area contributed by atoms with E-state index in [4.69, 9.17) is 0 Å². The van der Waals surface area contributed by atoms with E-state index in [9.17, 15) is 0 Å². The van der Waals surface area contributed by atoms with Gasteiger partial charge in [-0.3, -0.25) is 14.3 Å². The summed E-state index contributed by atoms with van der Waals surface area (Å²) in [6.45, 7) is 6.92. The van der Waals surface area contributed by atoms with Crippen LogP contribution in [0.1, 0.15) is 30.8 Å². The van der Waals surface area contributed by atoms with E-state index in [1.54, 1.807) is 0 Å². The number of hydrogen-bond acceptors (Lipinski definition) is 3. The number of nitrogens with zero attached hydrogens (tertiary/aromatic N) is 5. The molecule has 2 aromatic heterocycles. The van der Waals surface area contributed by atoms with Crippen molar-refractivity contribution in [1.29, 1.82) is 0 Å². The maximum atomic E-state index is 4.64. The first-order valence-corrected chi connectivity index (χ1v) is 7.74. The molecule has 0 atom stereocenters. The fourth-order valence-corrected chi connectivity index (χ4v) is 3.03. The first-order chi connectivity index (χ1) is 9.55. The summed E-state index contributed by atoms with van der Waals surface area (Å²) in [4.78, 5) is 2.28. The Balaban J connectivity index is 2.10. The Labute approximate surface area is 128 Å². The second-order valence-electron chi connectivity index (χ2n) is 5.07. The summed E-state index contributed by atoms with van der Waals surface area (Å²) in [7, 11) is 4.07. The predicted octanol–water partition coefficient (Wildman–Crippen LogP) is 2.59. The van der Waals surface area contributed by atoms with Gasteiger partial charge in [0.1, 0.15) is 0 Å². The summed E-state index contributed by atoms with van der Waals surface area (Å²) in [5, 5.41) is 8.85. The lowest BCUT2D eigenvalue weighted by Crippen LogP contribution is -2.19. The topological polar surface area (TPSA) is 38.9 Å². The highest BCUT2D eigenvalue weighted by Crippen LogP contribution is 2.23. The highest BCUT2D eigenvalue weighted by atomic mass is 79.9. The lowest BCUT2D eigenvalue weighted by molar-refractivity contribution is 0.306. The molecule has 0 aliphatic carbocycles. The minimum Gasteiger partial charge on any atom is -0.296 e. The fraction of sp³-hybridized carbons (Fsp3) is 0.571.